The summed E-state index contributed by atoms with van der Waals surface area (Å²) in [6.07, 6.45) is 0. The molecule has 0 radical (unpaired) electrons. The highest BCUT2D eigenvalue weighted by atomic mass is 32.1. The van der Waals surface area contributed by atoms with Gasteiger partial charge in [0.25, 0.3) is 5.91 Å². The third kappa shape index (κ3) is 4.06. The molecule has 3 nitrogen and oxygen atoms in total. The molecule has 1 amide bonds. The molecule has 0 atom stereocenters. The Labute approximate surface area is 150 Å². The van der Waals surface area contributed by atoms with Crippen molar-refractivity contribution in [1.82, 2.24) is 4.90 Å². The first-order valence-corrected chi connectivity index (χ1v) is 8.75. The summed E-state index contributed by atoms with van der Waals surface area (Å²) in [5, 5.41) is 1.96. The molecule has 0 saturated heterocycles. The van der Waals surface area contributed by atoms with E-state index in [0.29, 0.717) is 18.8 Å². The van der Waals surface area contributed by atoms with E-state index >= 15 is 0 Å². The zero-order valence-electron chi connectivity index (χ0n) is 13.8. The summed E-state index contributed by atoms with van der Waals surface area (Å²) in [5.41, 5.74) is 0.959. The molecule has 5 heteroatoms. The van der Waals surface area contributed by atoms with E-state index in [1.54, 1.807) is 35.5 Å². The summed E-state index contributed by atoms with van der Waals surface area (Å²) in [7, 11) is 1.60. The Morgan fingerprint density at radius 1 is 1.04 bits per heavy atom. The van der Waals surface area contributed by atoms with Gasteiger partial charge in [-0.2, -0.15) is 0 Å². The Kier molecular flexibility index (Phi) is 5.46. The lowest BCUT2D eigenvalue weighted by atomic mass is 10.1. The molecule has 3 aromatic rings. The van der Waals surface area contributed by atoms with E-state index in [1.807, 2.05) is 41.8 Å². The van der Waals surface area contributed by atoms with Gasteiger partial charge in [-0.15, -0.1) is 11.3 Å². The Balaban J connectivity index is 1.92. The van der Waals surface area contributed by atoms with Gasteiger partial charge in [-0.1, -0.05) is 36.4 Å². The summed E-state index contributed by atoms with van der Waals surface area (Å²) in [4.78, 5) is 15.6. The number of carbonyl (C=O) groups excluding carboxylic acids is 1. The average Bonchev–Trinajstić information content (AvgIpc) is 3.14. The molecule has 0 spiro atoms. The second kappa shape index (κ2) is 7.94. The maximum atomic E-state index is 14.1. The first-order chi connectivity index (χ1) is 12.2. The molecule has 0 unspecified atom stereocenters. The highest BCUT2D eigenvalue weighted by Crippen LogP contribution is 2.23. The van der Waals surface area contributed by atoms with Crippen LogP contribution in [0.2, 0.25) is 0 Å². The number of ether oxygens (including phenoxy) is 1. The largest absolute Gasteiger partial charge is 0.496 e. The minimum absolute atomic E-state index is 0.0777. The average molecular weight is 355 g/mol. The third-order valence-corrected chi connectivity index (χ3v) is 4.73. The maximum absolute atomic E-state index is 14.1. The van der Waals surface area contributed by atoms with Gasteiger partial charge in [0.15, 0.2) is 0 Å². The lowest BCUT2D eigenvalue weighted by Crippen LogP contribution is -2.30. The van der Waals surface area contributed by atoms with Gasteiger partial charge >= 0.3 is 0 Å². The van der Waals surface area contributed by atoms with Crippen molar-refractivity contribution in [3.8, 4) is 5.75 Å². The van der Waals surface area contributed by atoms with Crippen LogP contribution in [0, 0.1) is 5.82 Å². The molecule has 0 aliphatic rings. The molecule has 1 aromatic heterocycles. The minimum atomic E-state index is -0.510. The van der Waals surface area contributed by atoms with Crippen LogP contribution in [-0.4, -0.2) is 17.9 Å². The number of hydrogen-bond donors (Lipinski definition) is 0. The van der Waals surface area contributed by atoms with E-state index in [4.69, 9.17) is 4.74 Å². The number of carbonyl (C=O) groups is 1. The first kappa shape index (κ1) is 17.2. The number of para-hydroxylation sites is 1. The lowest BCUT2D eigenvalue weighted by Gasteiger charge is -2.23. The predicted octanol–water partition coefficient (Wildman–Crippen LogP) is 4.74. The van der Waals surface area contributed by atoms with E-state index < -0.39 is 5.82 Å². The molecule has 0 aliphatic heterocycles. The second-order valence-corrected chi connectivity index (χ2v) is 6.56. The molecule has 0 fully saturated rings. The summed E-state index contributed by atoms with van der Waals surface area (Å²) in [5.74, 6) is -0.138. The van der Waals surface area contributed by atoms with Crippen LogP contribution in [0.3, 0.4) is 0 Å². The molecule has 2 aromatic carbocycles. The molecular weight excluding hydrogens is 337 g/mol. The van der Waals surface area contributed by atoms with Crippen LogP contribution in [0.1, 0.15) is 20.8 Å². The highest BCUT2D eigenvalue weighted by molar-refractivity contribution is 7.09. The molecule has 3 rings (SSSR count). The Hall–Kier alpha value is -2.66. The molecule has 1 heterocycles. The Morgan fingerprint density at radius 2 is 1.80 bits per heavy atom. The number of hydrogen-bond acceptors (Lipinski definition) is 3. The van der Waals surface area contributed by atoms with Crippen molar-refractivity contribution in [2.75, 3.05) is 7.11 Å². The lowest BCUT2D eigenvalue weighted by molar-refractivity contribution is 0.0726. The highest BCUT2D eigenvalue weighted by Gasteiger charge is 2.21. The predicted molar refractivity (Wildman–Crippen MR) is 97.3 cm³/mol. The first-order valence-electron chi connectivity index (χ1n) is 7.87. The van der Waals surface area contributed by atoms with Crippen molar-refractivity contribution in [3.05, 3.63) is 87.9 Å². The van der Waals surface area contributed by atoms with Gasteiger partial charge < -0.3 is 9.64 Å². The van der Waals surface area contributed by atoms with Crippen LogP contribution in [0.4, 0.5) is 4.39 Å². The third-order valence-electron chi connectivity index (χ3n) is 3.87. The number of methoxy groups -OCH3 is 1. The summed E-state index contributed by atoms with van der Waals surface area (Å²) in [6.45, 7) is 0.762. The van der Waals surface area contributed by atoms with Crippen LogP contribution >= 0.6 is 11.3 Å². The van der Waals surface area contributed by atoms with Crippen molar-refractivity contribution in [3.63, 3.8) is 0 Å². The standard InChI is InChI=1S/C20H18FNO2S/c1-24-19-11-5-2-7-15(19)13-22(14-16-8-6-12-25-16)20(23)17-9-3-4-10-18(17)21/h2-12H,13-14H2,1H3. The number of amides is 1. The van der Waals surface area contributed by atoms with Crippen molar-refractivity contribution < 1.29 is 13.9 Å². The van der Waals surface area contributed by atoms with Crippen molar-refractivity contribution >= 4 is 17.2 Å². The molecule has 25 heavy (non-hydrogen) atoms. The molecule has 0 bridgehead atoms. The van der Waals surface area contributed by atoms with Gasteiger partial charge in [-0.3, -0.25) is 4.79 Å². The maximum Gasteiger partial charge on any atom is 0.257 e. The second-order valence-electron chi connectivity index (χ2n) is 5.53. The molecule has 128 valence electrons. The van der Waals surface area contributed by atoms with Gasteiger partial charge in [0.1, 0.15) is 11.6 Å². The number of benzene rings is 2. The molecule has 0 aliphatic carbocycles. The Morgan fingerprint density at radius 3 is 2.52 bits per heavy atom. The molecule has 0 N–H and O–H groups in total. The zero-order valence-corrected chi connectivity index (χ0v) is 14.6. The zero-order chi connectivity index (χ0) is 17.6. The fraction of sp³-hybridized carbons (Fsp3) is 0.150. The topological polar surface area (TPSA) is 29.5 Å². The van der Waals surface area contributed by atoms with Gasteiger partial charge in [-0.25, -0.2) is 4.39 Å². The van der Waals surface area contributed by atoms with Crippen molar-refractivity contribution in [2.45, 2.75) is 13.1 Å². The molecular formula is C20H18FNO2S. The van der Waals surface area contributed by atoms with E-state index in [2.05, 4.69) is 0 Å². The van der Waals surface area contributed by atoms with E-state index in [9.17, 15) is 9.18 Å². The number of halogens is 1. The number of thiophene rings is 1. The molecule has 0 saturated carbocycles. The van der Waals surface area contributed by atoms with Gasteiger partial charge in [0, 0.05) is 10.4 Å². The van der Waals surface area contributed by atoms with Crippen LogP contribution in [0.15, 0.2) is 66.0 Å². The van der Waals surface area contributed by atoms with E-state index in [-0.39, 0.29) is 11.5 Å². The van der Waals surface area contributed by atoms with Crippen LogP contribution in [-0.2, 0) is 13.1 Å². The fourth-order valence-electron chi connectivity index (χ4n) is 2.63. The van der Waals surface area contributed by atoms with Crippen LogP contribution in [0.25, 0.3) is 0 Å². The van der Waals surface area contributed by atoms with E-state index in [1.165, 1.54) is 12.1 Å². The monoisotopic (exact) mass is 355 g/mol. The van der Waals surface area contributed by atoms with Gasteiger partial charge in [0.05, 0.1) is 25.8 Å². The summed E-state index contributed by atoms with van der Waals surface area (Å²) < 4.78 is 19.5. The van der Waals surface area contributed by atoms with E-state index in [0.717, 1.165) is 10.4 Å². The van der Waals surface area contributed by atoms with Crippen LogP contribution in [0.5, 0.6) is 5.75 Å². The minimum Gasteiger partial charge on any atom is -0.496 e. The smallest absolute Gasteiger partial charge is 0.257 e. The van der Waals surface area contributed by atoms with Gasteiger partial charge in [-0.05, 0) is 29.6 Å². The Bertz CT molecular complexity index is 848. The number of rotatable bonds is 6. The fourth-order valence-corrected chi connectivity index (χ4v) is 3.35. The summed E-state index contributed by atoms with van der Waals surface area (Å²) >= 11 is 1.57. The van der Waals surface area contributed by atoms with Crippen LogP contribution < -0.4 is 4.74 Å². The SMILES string of the molecule is COc1ccccc1CN(Cc1cccs1)C(=O)c1ccccc1F. The van der Waals surface area contributed by atoms with Gasteiger partial charge in [0.2, 0.25) is 0 Å². The normalized spacial score (nSPS) is 10.5. The van der Waals surface area contributed by atoms with Crippen molar-refractivity contribution in [2.24, 2.45) is 0 Å². The quantitative estimate of drug-likeness (QED) is 0.639. The summed E-state index contributed by atoms with van der Waals surface area (Å²) in [6, 6.07) is 17.5. The number of nitrogens with zero attached hydrogens (tertiary/aromatic N) is 1. The van der Waals surface area contributed by atoms with Crippen molar-refractivity contribution in [1.29, 1.82) is 0 Å².